The van der Waals surface area contributed by atoms with Crippen LogP contribution in [-0.2, 0) is 0 Å². The molecular weight excluding hydrogens is 390 g/mol. The highest BCUT2D eigenvalue weighted by Crippen LogP contribution is 2.28. The van der Waals surface area contributed by atoms with Crippen molar-refractivity contribution in [2.45, 2.75) is 63.9 Å². The second-order valence-electron chi connectivity index (χ2n) is 8.69. The minimum Gasteiger partial charge on any atom is -0.506 e. The van der Waals surface area contributed by atoms with Gasteiger partial charge in [-0.3, -0.25) is 4.79 Å². The molecule has 0 unspecified atom stereocenters. The number of phenols is 1. The van der Waals surface area contributed by atoms with E-state index in [2.05, 4.69) is 21.6 Å². The van der Waals surface area contributed by atoms with Crippen LogP contribution < -0.4 is 10.9 Å². The van der Waals surface area contributed by atoms with E-state index in [1.54, 1.807) is 12.1 Å². The third kappa shape index (κ3) is 7.63. The average molecular weight is 429 g/mol. The maximum absolute atomic E-state index is 11.5. The number of aromatic hydroxyl groups is 1. The fraction of sp³-hybridized carbons (Fsp3) is 0.600. The van der Waals surface area contributed by atoms with E-state index in [1.165, 1.54) is 83.1 Å². The van der Waals surface area contributed by atoms with Crippen molar-refractivity contribution in [2.75, 3.05) is 32.7 Å². The molecule has 0 aliphatic carbocycles. The number of aliphatic hydroxyl groups is 1. The molecule has 0 bridgehead atoms. The van der Waals surface area contributed by atoms with Crippen LogP contribution in [0, 0.1) is 6.42 Å². The summed E-state index contributed by atoms with van der Waals surface area (Å²) in [5.74, 6) is 0.0155. The first-order valence-electron chi connectivity index (χ1n) is 11.9. The smallest absolute Gasteiger partial charge is 0.248 e. The number of benzene rings is 1. The highest BCUT2D eigenvalue weighted by atomic mass is 16.3. The molecule has 1 aliphatic rings. The van der Waals surface area contributed by atoms with E-state index in [0.717, 1.165) is 13.0 Å². The molecule has 1 atom stereocenters. The van der Waals surface area contributed by atoms with Crippen molar-refractivity contribution in [3.05, 3.63) is 46.6 Å². The minimum absolute atomic E-state index is 0.0155. The first-order chi connectivity index (χ1) is 15.1. The second-order valence-corrected chi connectivity index (χ2v) is 8.69. The molecule has 2 heterocycles. The third-order valence-corrected chi connectivity index (χ3v) is 6.23. The lowest BCUT2D eigenvalue weighted by Crippen LogP contribution is -2.30. The van der Waals surface area contributed by atoms with Crippen molar-refractivity contribution in [1.29, 1.82) is 0 Å². The van der Waals surface area contributed by atoms with Crippen LogP contribution >= 0.6 is 0 Å². The van der Waals surface area contributed by atoms with Gasteiger partial charge in [-0.25, -0.2) is 0 Å². The van der Waals surface area contributed by atoms with Crippen molar-refractivity contribution >= 4 is 10.9 Å². The number of aromatic nitrogens is 1. The van der Waals surface area contributed by atoms with E-state index < -0.39 is 6.10 Å². The molecule has 1 saturated heterocycles. The Bertz CT molecular complexity index is 846. The lowest BCUT2D eigenvalue weighted by Gasteiger charge is -2.26. The number of nitrogens with one attached hydrogen (secondary N) is 2. The maximum Gasteiger partial charge on any atom is 0.248 e. The van der Waals surface area contributed by atoms with Crippen LogP contribution in [0.15, 0.2) is 29.1 Å². The van der Waals surface area contributed by atoms with Gasteiger partial charge >= 0.3 is 0 Å². The van der Waals surface area contributed by atoms with Crippen LogP contribution in [0.25, 0.3) is 10.9 Å². The fourth-order valence-corrected chi connectivity index (χ4v) is 4.40. The molecule has 3 rings (SSSR count). The maximum atomic E-state index is 11.5. The normalized spacial score (nSPS) is 16.0. The molecule has 1 radical (unpaired) electrons. The number of H-pyrrole nitrogens is 1. The van der Waals surface area contributed by atoms with Crippen molar-refractivity contribution in [3.63, 3.8) is 0 Å². The summed E-state index contributed by atoms with van der Waals surface area (Å²) in [6, 6.07) is 6.30. The summed E-state index contributed by atoms with van der Waals surface area (Å²) in [4.78, 5) is 16.7. The zero-order valence-electron chi connectivity index (χ0n) is 18.6. The predicted octanol–water partition coefficient (Wildman–Crippen LogP) is 3.89. The topological polar surface area (TPSA) is 88.6 Å². The highest BCUT2D eigenvalue weighted by molar-refractivity contribution is 5.87. The molecule has 31 heavy (non-hydrogen) atoms. The quantitative estimate of drug-likeness (QED) is 0.364. The number of rotatable bonds is 13. The summed E-state index contributed by atoms with van der Waals surface area (Å²) >= 11 is 0. The first kappa shape index (κ1) is 23.8. The number of nitrogens with zero attached hydrogens (tertiary/aromatic N) is 1. The lowest BCUT2D eigenvalue weighted by atomic mass is 10.0. The van der Waals surface area contributed by atoms with Crippen LogP contribution in [0.3, 0.4) is 0 Å². The van der Waals surface area contributed by atoms with Gasteiger partial charge in [0.1, 0.15) is 5.75 Å². The Labute approximate surface area is 185 Å². The van der Waals surface area contributed by atoms with Gasteiger partial charge in [-0.1, -0.05) is 38.2 Å². The van der Waals surface area contributed by atoms with Gasteiger partial charge in [0.2, 0.25) is 5.56 Å². The van der Waals surface area contributed by atoms with E-state index in [4.69, 9.17) is 0 Å². The number of aliphatic hydroxyl groups excluding tert-OH is 1. The molecule has 0 saturated carbocycles. The van der Waals surface area contributed by atoms with Crippen molar-refractivity contribution in [3.8, 4) is 5.75 Å². The fourth-order valence-electron chi connectivity index (χ4n) is 4.40. The Morgan fingerprint density at radius 2 is 1.68 bits per heavy atom. The number of unbranched alkanes of at least 4 members (excludes halogenated alkanes) is 6. The SMILES string of the molecule is O=c1ccc2c([C@H](O)CNCCCCCCCCCN3CC[CH]CC3)ccc(O)c2[nH]1. The Kier molecular flexibility index (Phi) is 9.85. The summed E-state index contributed by atoms with van der Waals surface area (Å²) in [5, 5.41) is 24.5. The van der Waals surface area contributed by atoms with Gasteiger partial charge in [-0.15, -0.1) is 0 Å². The Morgan fingerprint density at radius 3 is 2.45 bits per heavy atom. The monoisotopic (exact) mass is 428 g/mol. The van der Waals surface area contributed by atoms with E-state index in [9.17, 15) is 15.0 Å². The average Bonchev–Trinajstić information content (AvgIpc) is 2.78. The van der Waals surface area contributed by atoms with Crippen LogP contribution in [0.1, 0.15) is 69.5 Å². The molecule has 1 aliphatic heterocycles. The van der Waals surface area contributed by atoms with Gasteiger partial charge in [0.15, 0.2) is 0 Å². The van der Waals surface area contributed by atoms with Crippen LogP contribution in [0.5, 0.6) is 5.75 Å². The number of fused-ring (bicyclic) bond motifs is 1. The molecule has 1 aromatic carbocycles. The number of phenolic OH excluding ortho intramolecular Hbond substituents is 1. The Morgan fingerprint density at radius 1 is 0.968 bits per heavy atom. The molecule has 4 N–H and O–H groups in total. The van der Waals surface area contributed by atoms with Crippen molar-refractivity contribution in [2.24, 2.45) is 0 Å². The number of hydrogen-bond acceptors (Lipinski definition) is 5. The molecule has 1 aromatic heterocycles. The van der Waals surface area contributed by atoms with Crippen molar-refractivity contribution in [1.82, 2.24) is 15.2 Å². The van der Waals surface area contributed by atoms with E-state index in [1.807, 2.05) is 0 Å². The summed E-state index contributed by atoms with van der Waals surface area (Å²) in [5.41, 5.74) is 0.811. The molecule has 0 amide bonds. The number of pyridine rings is 1. The van der Waals surface area contributed by atoms with E-state index in [-0.39, 0.29) is 11.3 Å². The zero-order chi connectivity index (χ0) is 21.9. The number of likely N-dealkylation sites (tertiary alicyclic amines) is 1. The zero-order valence-corrected chi connectivity index (χ0v) is 18.6. The van der Waals surface area contributed by atoms with Gasteiger partial charge in [-0.2, -0.15) is 0 Å². The summed E-state index contributed by atoms with van der Waals surface area (Å²) < 4.78 is 0. The van der Waals surface area contributed by atoms with Crippen LogP contribution in [-0.4, -0.2) is 52.8 Å². The third-order valence-electron chi connectivity index (χ3n) is 6.23. The van der Waals surface area contributed by atoms with Gasteiger partial charge in [0.25, 0.3) is 0 Å². The minimum atomic E-state index is -0.688. The summed E-state index contributed by atoms with van der Waals surface area (Å²) in [7, 11) is 0. The van der Waals surface area contributed by atoms with Gasteiger partial charge in [-0.05, 0) is 76.0 Å². The lowest BCUT2D eigenvalue weighted by molar-refractivity contribution is 0.176. The van der Waals surface area contributed by atoms with Gasteiger partial charge in [0, 0.05) is 18.0 Å². The molecule has 2 aromatic rings. The first-order valence-corrected chi connectivity index (χ1v) is 11.9. The van der Waals surface area contributed by atoms with Crippen LogP contribution in [0.4, 0.5) is 0 Å². The van der Waals surface area contributed by atoms with Gasteiger partial charge < -0.3 is 25.4 Å². The second kappa shape index (κ2) is 12.8. The van der Waals surface area contributed by atoms with Crippen molar-refractivity contribution < 1.29 is 10.2 Å². The Hall–Kier alpha value is -1.89. The molecular formula is C25H38N3O3. The largest absolute Gasteiger partial charge is 0.506 e. The summed E-state index contributed by atoms with van der Waals surface area (Å²) in [6.45, 7) is 5.12. The standard InChI is InChI=1S/C25H38N3O3/c29-22-13-11-20(21-12-14-24(31)27-25(21)22)23(30)19-26-15-7-4-2-1-3-5-8-16-28-17-9-6-10-18-28/h6,11-14,23,26,29-30H,1-5,7-10,15-19H2,(H,27,31)/t23-/m1/s1. The predicted molar refractivity (Wildman–Crippen MR) is 126 cm³/mol. The molecule has 6 nitrogen and oxygen atoms in total. The molecule has 6 heteroatoms. The number of hydrogen-bond donors (Lipinski definition) is 4. The molecule has 171 valence electrons. The van der Waals surface area contributed by atoms with E-state index in [0.29, 0.717) is 23.0 Å². The van der Waals surface area contributed by atoms with Crippen LogP contribution in [0.2, 0.25) is 0 Å². The Balaban J connectivity index is 1.24. The van der Waals surface area contributed by atoms with E-state index >= 15 is 0 Å². The van der Waals surface area contributed by atoms with Gasteiger partial charge in [0.05, 0.1) is 11.6 Å². The molecule has 1 fully saturated rings. The number of piperidine rings is 1. The summed E-state index contributed by atoms with van der Waals surface area (Å²) in [6.07, 6.45) is 13.2. The highest BCUT2D eigenvalue weighted by Gasteiger charge is 2.13. The molecule has 0 spiro atoms. The number of aromatic amines is 1.